The van der Waals surface area contributed by atoms with E-state index in [9.17, 15) is 9.59 Å². The Hall–Kier alpha value is -3.13. The zero-order chi connectivity index (χ0) is 15.9. The third kappa shape index (κ3) is 3.30. The third-order valence-corrected chi connectivity index (χ3v) is 3.05. The standard InChI is InChI=1S/C17H14N2O3/c1-22-17(21)13-8-5-9-14(19-15(20)10-11-18)16(13)12-6-3-2-4-7-12/h2-9H,10H2,1H3,(H,19,20). The van der Waals surface area contributed by atoms with Crippen molar-refractivity contribution in [2.45, 2.75) is 6.42 Å². The number of benzene rings is 2. The first kappa shape index (κ1) is 15.3. The van der Waals surface area contributed by atoms with Crippen molar-refractivity contribution >= 4 is 17.6 Å². The number of hydrogen-bond donors (Lipinski definition) is 1. The van der Waals surface area contributed by atoms with Gasteiger partial charge in [0.1, 0.15) is 6.42 Å². The van der Waals surface area contributed by atoms with E-state index in [2.05, 4.69) is 5.32 Å². The molecule has 0 aliphatic heterocycles. The first-order valence-electron chi connectivity index (χ1n) is 6.61. The molecule has 0 saturated carbocycles. The summed E-state index contributed by atoms with van der Waals surface area (Å²) in [7, 11) is 1.30. The lowest BCUT2D eigenvalue weighted by molar-refractivity contribution is -0.115. The molecule has 0 unspecified atom stereocenters. The summed E-state index contributed by atoms with van der Waals surface area (Å²) in [6.45, 7) is 0. The number of hydrogen-bond acceptors (Lipinski definition) is 4. The number of nitrogens with zero attached hydrogens (tertiary/aromatic N) is 1. The predicted molar refractivity (Wildman–Crippen MR) is 82.1 cm³/mol. The summed E-state index contributed by atoms with van der Waals surface area (Å²) in [5.41, 5.74) is 2.16. The van der Waals surface area contributed by atoms with Gasteiger partial charge in [-0.2, -0.15) is 5.26 Å². The van der Waals surface area contributed by atoms with Gasteiger partial charge in [-0.15, -0.1) is 0 Å². The lowest BCUT2D eigenvalue weighted by Crippen LogP contribution is -2.13. The highest BCUT2D eigenvalue weighted by molar-refractivity contribution is 6.04. The van der Waals surface area contributed by atoms with E-state index in [1.165, 1.54) is 7.11 Å². The van der Waals surface area contributed by atoms with Gasteiger partial charge in [-0.25, -0.2) is 4.79 Å². The number of nitriles is 1. The van der Waals surface area contributed by atoms with E-state index >= 15 is 0 Å². The van der Waals surface area contributed by atoms with Gasteiger partial charge in [0.2, 0.25) is 5.91 Å². The van der Waals surface area contributed by atoms with E-state index in [0.717, 1.165) is 5.56 Å². The molecule has 0 radical (unpaired) electrons. The normalized spacial score (nSPS) is 9.64. The molecule has 22 heavy (non-hydrogen) atoms. The molecule has 0 spiro atoms. The minimum atomic E-state index is -0.491. The summed E-state index contributed by atoms with van der Waals surface area (Å²) in [6.07, 6.45) is -0.253. The Kier molecular flexibility index (Phi) is 4.89. The van der Waals surface area contributed by atoms with Gasteiger partial charge in [0.25, 0.3) is 0 Å². The maximum Gasteiger partial charge on any atom is 0.338 e. The van der Waals surface area contributed by atoms with Gasteiger partial charge in [0.15, 0.2) is 0 Å². The Labute approximate surface area is 128 Å². The lowest BCUT2D eigenvalue weighted by atomic mass is 9.97. The van der Waals surface area contributed by atoms with Crippen LogP contribution in [0.4, 0.5) is 5.69 Å². The van der Waals surface area contributed by atoms with Crippen LogP contribution >= 0.6 is 0 Å². The highest BCUT2D eigenvalue weighted by Crippen LogP contribution is 2.32. The van der Waals surface area contributed by atoms with Crippen LogP contribution in [0.1, 0.15) is 16.8 Å². The van der Waals surface area contributed by atoms with Gasteiger partial charge in [-0.1, -0.05) is 36.4 Å². The number of carbonyl (C=O) groups is 2. The fourth-order valence-corrected chi connectivity index (χ4v) is 2.12. The smallest absolute Gasteiger partial charge is 0.338 e. The van der Waals surface area contributed by atoms with Crippen molar-refractivity contribution in [3.05, 3.63) is 54.1 Å². The zero-order valence-corrected chi connectivity index (χ0v) is 12.0. The zero-order valence-electron chi connectivity index (χ0n) is 12.0. The summed E-state index contributed by atoms with van der Waals surface area (Å²) >= 11 is 0. The average Bonchev–Trinajstić information content (AvgIpc) is 2.55. The van der Waals surface area contributed by atoms with Crippen LogP contribution in [-0.2, 0) is 9.53 Å². The predicted octanol–water partition coefficient (Wildman–Crippen LogP) is 2.99. The monoisotopic (exact) mass is 294 g/mol. The molecule has 0 aliphatic rings. The number of esters is 1. The van der Waals surface area contributed by atoms with E-state index in [1.54, 1.807) is 24.3 Å². The highest BCUT2D eigenvalue weighted by atomic mass is 16.5. The van der Waals surface area contributed by atoms with E-state index in [-0.39, 0.29) is 6.42 Å². The number of rotatable bonds is 4. The molecule has 5 nitrogen and oxygen atoms in total. The molecular formula is C17H14N2O3. The average molecular weight is 294 g/mol. The first-order chi connectivity index (χ1) is 10.7. The fraction of sp³-hybridized carbons (Fsp3) is 0.118. The fourth-order valence-electron chi connectivity index (χ4n) is 2.12. The maximum absolute atomic E-state index is 12.0. The molecule has 110 valence electrons. The van der Waals surface area contributed by atoms with Crippen molar-refractivity contribution in [2.24, 2.45) is 0 Å². The summed E-state index contributed by atoms with van der Waals surface area (Å²) in [6, 6.07) is 16.0. The second kappa shape index (κ2) is 7.04. The SMILES string of the molecule is COC(=O)c1cccc(NC(=O)CC#N)c1-c1ccccc1. The molecule has 0 saturated heterocycles. The molecule has 1 amide bonds. The summed E-state index contributed by atoms with van der Waals surface area (Å²) < 4.78 is 4.80. The van der Waals surface area contributed by atoms with Crippen LogP contribution in [0, 0.1) is 11.3 Å². The Balaban J connectivity index is 2.56. The van der Waals surface area contributed by atoms with Gasteiger partial charge in [0, 0.05) is 11.3 Å². The molecule has 2 rings (SSSR count). The first-order valence-corrected chi connectivity index (χ1v) is 6.61. The highest BCUT2D eigenvalue weighted by Gasteiger charge is 2.18. The number of amides is 1. The largest absolute Gasteiger partial charge is 0.465 e. The van der Waals surface area contributed by atoms with Gasteiger partial charge in [0.05, 0.1) is 18.7 Å². The Bertz CT molecular complexity index is 733. The second-order valence-corrected chi connectivity index (χ2v) is 4.47. The third-order valence-electron chi connectivity index (χ3n) is 3.05. The summed E-state index contributed by atoms with van der Waals surface area (Å²) in [4.78, 5) is 23.7. The molecule has 5 heteroatoms. The Morgan fingerprint density at radius 3 is 2.50 bits per heavy atom. The molecule has 0 aromatic heterocycles. The minimum Gasteiger partial charge on any atom is -0.465 e. The van der Waals surface area contributed by atoms with Crippen LogP contribution < -0.4 is 5.32 Å². The van der Waals surface area contributed by atoms with Gasteiger partial charge >= 0.3 is 5.97 Å². The van der Waals surface area contributed by atoms with Crippen molar-refractivity contribution in [3.8, 4) is 17.2 Å². The van der Waals surface area contributed by atoms with Crippen LogP contribution in [0.25, 0.3) is 11.1 Å². The maximum atomic E-state index is 12.0. The number of anilines is 1. The van der Waals surface area contributed by atoms with Crippen LogP contribution in [0.5, 0.6) is 0 Å². The van der Waals surface area contributed by atoms with Crippen molar-refractivity contribution < 1.29 is 14.3 Å². The Morgan fingerprint density at radius 2 is 1.86 bits per heavy atom. The molecule has 2 aromatic carbocycles. The van der Waals surface area contributed by atoms with Crippen LogP contribution in [-0.4, -0.2) is 19.0 Å². The number of methoxy groups -OCH3 is 1. The number of carbonyl (C=O) groups excluding carboxylic acids is 2. The van der Waals surface area contributed by atoms with Crippen LogP contribution in [0.2, 0.25) is 0 Å². The van der Waals surface area contributed by atoms with Crippen LogP contribution in [0.15, 0.2) is 48.5 Å². The quantitative estimate of drug-likeness (QED) is 0.879. The van der Waals surface area contributed by atoms with E-state index in [0.29, 0.717) is 16.8 Å². The Morgan fingerprint density at radius 1 is 1.14 bits per heavy atom. The van der Waals surface area contributed by atoms with Gasteiger partial charge < -0.3 is 10.1 Å². The van der Waals surface area contributed by atoms with Crippen molar-refractivity contribution in [2.75, 3.05) is 12.4 Å². The van der Waals surface area contributed by atoms with Crippen molar-refractivity contribution in [1.29, 1.82) is 5.26 Å². The molecule has 0 heterocycles. The minimum absolute atomic E-state index is 0.253. The molecule has 0 aliphatic carbocycles. The van der Waals surface area contributed by atoms with Crippen molar-refractivity contribution in [3.63, 3.8) is 0 Å². The molecule has 2 aromatic rings. The molecule has 1 N–H and O–H groups in total. The molecule has 0 fully saturated rings. The number of ether oxygens (including phenoxy) is 1. The van der Waals surface area contributed by atoms with E-state index in [1.807, 2.05) is 30.3 Å². The number of nitrogens with one attached hydrogen (secondary N) is 1. The molecule has 0 bridgehead atoms. The molecular weight excluding hydrogens is 280 g/mol. The van der Waals surface area contributed by atoms with E-state index < -0.39 is 11.9 Å². The van der Waals surface area contributed by atoms with Gasteiger partial charge in [-0.05, 0) is 17.7 Å². The topological polar surface area (TPSA) is 79.2 Å². The van der Waals surface area contributed by atoms with E-state index in [4.69, 9.17) is 10.00 Å². The lowest BCUT2D eigenvalue weighted by Gasteiger charge is -2.14. The van der Waals surface area contributed by atoms with Crippen LogP contribution in [0.3, 0.4) is 0 Å². The van der Waals surface area contributed by atoms with Gasteiger partial charge in [-0.3, -0.25) is 4.79 Å². The van der Waals surface area contributed by atoms with Crippen molar-refractivity contribution in [1.82, 2.24) is 0 Å². The summed E-state index contributed by atoms with van der Waals surface area (Å²) in [5.74, 6) is -0.920. The summed E-state index contributed by atoms with van der Waals surface area (Å²) in [5, 5.41) is 11.3. The molecule has 0 atom stereocenters. The second-order valence-electron chi connectivity index (χ2n) is 4.47.